The number of aryl methyl sites for hydroxylation is 1. The number of hydrogen-bond acceptors (Lipinski definition) is 4. The Morgan fingerprint density at radius 1 is 1.30 bits per heavy atom. The number of nitrogens with zero attached hydrogens (tertiary/aromatic N) is 1. The lowest BCUT2D eigenvalue weighted by Crippen LogP contribution is -2.32. The zero-order chi connectivity index (χ0) is 16.4. The van der Waals surface area contributed by atoms with Crippen molar-refractivity contribution < 1.29 is 9.21 Å². The summed E-state index contributed by atoms with van der Waals surface area (Å²) in [7, 11) is 0. The van der Waals surface area contributed by atoms with Gasteiger partial charge in [0.2, 0.25) is 0 Å². The molecule has 0 aliphatic heterocycles. The Balaban J connectivity index is 1.85. The smallest absolute Gasteiger partial charge is 0.287 e. The molecule has 1 heterocycles. The van der Waals surface area contributed by atoms with Gasteiger partial charge in [0.25, 0.3) is 5.91 Å². The van der Waals surface area contributed by atoms with Crippen molar-refractivity contribution in [3.8, 4) is 0 Å². The summed E-state index contributed by atoms with van der Waals surface area (Å²) < 4.78 is 5.86. The van der Waals surface area contributed by atoms with Crippen LogP contribution >= 0.6 is 12.2 Å². The lowest BCUT2D eigenvalue weighted by molar-refractivity contribution is 0.0907. The van der Waals surface area contributed by atoms with E-state index in [1.54, 1.807) is 0 Å². The highest BCUT2D eigenvalue weighted by atomic mass is 32.1. The molecule has 124 valence electrons. The number of carbonyl (C=O) groups excluding carboxylic acids is 1. The Hall–Kier alpha value is -1.89. The van der Waals surface area contributed by atoms with Crippen molar-refractivity contribution in [2.24, 2.45) is 10.8 Å². The van der Waals surface area contributed by atoms with E-state index in [-0.39, 0.29) is 17.1 Å². The molecular formula is C16H22N4O2S. The van der Waals surface area contributed by atoms with Crippen LogP contribution in [0.15, 0.2) is 9.52 Å². The molecule has 3 rings (SSSR count). The number of hydrazone groups is 1. The van der Waals surface area contributed by atoms with E-state index in [2.05, 4.69) is 15.8 Å². The van der Waals surface area contributed by atoms with Crippen molar-refractivity contribution in [2.45, 2.75) is 57.9 Å². The third-order valence-electron chi connectivity index (χ3n) is 4.52. The summed E-state index contributed by atoms with van der Waals surface area (Å²) in [5.41, 5.74) is 10.7. The molecule has 1 fully saturated rings. The van der Waals surface area contributed by atoms with Crippen LogP contribution in [-0.2, 0) is 6.42 Å². The van der Waals surface area contributed by atoms with Crippen LogP contribution in [-0.4, -0.2) is 22.8 Å². The molecule has 23 heavy (non-hydrogen) atoms. The van der Waals surface area contributed by atoms with Gasteiger partial charge in [-0.05, 0) is 44.8 Å². The molecule has 2 aliphatic rings. The molecule has 1 saturated carbocycles. The molecule has 0 bridgehead atoms. The van der Waals surface area contributed by atoms with Crippen LogP contribution < -0.4 is 16.5 Å². The van der Waals surface area contributed by atoms with Gasteiger partial charge in [-0.3, -0.25) is 10.2 Å². The molecule has 4 N–H and O–H groups in total. The van der Waals surface area contributed by atoms with Crippen LogP contribution in [0.1, 0.15) is 66.0 Å². The summed E-state index contributed by atoms with van der Waals surface area (Å²) in [5.74, 6) is 1.12. The van der Waals surface area contributed by atoms with E-state index in [4.69, 9.17) is 22.4 Å². The number of amides is 1. The third-order valence-corrected chi connectivity index (χ3v) is 4.61. The average molecular weight is 334 g/mol. The number of furan rings is 1. The quantitative estimate of drug-likeness (QED) is 0.582. The molecule has 2 aliphatic carbocycles. The van der Waals surface area contributed by atoms with Crippen LogP contribution in [0.2, 0.25) is 0 Å². The zero-order valence-corrected chi connectivity index (χ0v) is 14.1. The van der Waals surface area contributed by atoms with Gasteiger partial charge >= 0.3 is 0 Å². The maximum atomic E-state index is 12.5. The van der Waals surface area contributed by atoms with Crippen LogP contribution in [0.3, 0.4) is 0 Å². The van der Waals surface area contributed by atoms with E-state index < -0.39 is 0 Å². The van der Waals surface area contributed by atoms with E-state index in [9.17, 15) is 4.79 Å². The fourth-order valence-corrected chi connectivity index (χ4v) is 3.49. The lowest BCUT2D eigenvalue weighted by Gasteiger charge is -2.13. The summed E-state index contributed by atoms with van der Waals surface area (Å²) in [4.78, 5) is 12.5. The summed E-state index contributed by atoms with van der Waals surface area (Å²) >= 11 is 4.79. The molecule has 1 aromatic rings. The Labute approximate surface area is 140 Å². The van der Waals surface area contributed by atoms with Gasteiger partial charge in [0.1, 0.15) is 5.76 Å². The zero-order valence-electron chi connectivity index (χ0n) is 13.3. The molecule has 0 saturated heterocycles. The standard InChI is InChI=1S/C16H22N4O2S/c1-9-13-11(19-20-16(17)23)7-4-8-12(13)22-14(9)15(21)18-10-5-2-3-6-10/h10H,2-8H2,1H3,(H,18,21)(H3,17,20,23)/b19-11+. The second kappa shape index (κ2) is 6.70. The van der Waals surface area contributed by atoms with E-state index in [0.717, 1.165) is 54.7 Å². The number of fused-ring (bicyclic) bond motifs is 1. The lowest BCUT2D eigenvalue weighted by atomic mass is 9.93. The summed E-state index contributed by atoms with van der Waals surface area (Å²) in [6.45, 7) is 1.91. The average Bonchev–Trinajstić information content (AvgIpc) is 3.13. The van der Waals surface area contributed by atoms with Gasteiger partial charge in [-0.15, -0.1) is 0 Å². The van der Waals surface area contributed by atoms with Crippen LogP contribution in [0.5, 0.6) is 0 Å². The number of rotatable bonds is 3. The fourth-order valence-electron chi connectivity index (χ4n) is 3.44. The minimum Gasteiger partial charge on any atom is -0.455 e. The van der Waals surface area contributed by atoms with Crippen molar-refractivity contribution in [1.82, 2.24) is 10.7 Å². The second-order valence-corrected chi connectivity index (χ2v) is 6.64. The highest BCUT2D eigenvalue weighted by molar-refractivity contribution is 7.80. The molecule has 1 amide bonds. The molecule has 7 heteroatoms. The first-order chi connectivity index (χ1) is 11.1. The van der Waals surface area contributed by atoms with Crippen LogP contribution in [0.25, 0.3) is 0 Å². The van der Waals surface area contributed by atoms with Crippen LogP contribution in [0.4, 0.5) is 0 Å². The van der Waals surface area contributed by atoms with Gasteiger partial charge in [-0.25, -0.2) is 0 Å². The highest BCUT2D eigenvalue weighted by Crippen LogP contribution is 2.30. The molecule has 0 unspecified atom stereocenters. The third kappa shape index (κ3) is 3.39. The van der Waals surface area contributed by atoms with Gasteiger partial charge in [0.15, 0.2) is 10.9 Å². The Bertz CT molecular complexity index is 659. The summed E-state index contributed by atoms with van der Waals surface area (Å²) in [6.07, 6.45) is 7.03. The molecule has 6 nitrogen and oxygen atoms in total. The van der Waals surface area contributed by atoms with Crippen molar-refractivity contribution in [3.05, 3.63) is 22.6 Å². The normalized spacial score (nSPS) is 19.6. The maximum absolute atomic E-state index is 12.5. The molecule has 0 atom stereocenters. The predicted octanol–water partition coefficient (Wildman–Crippen LogP) is 2.13. The second-order valence-electron chi connectivity index (χ2n) is 6.20. The topological polar surface area (TPSA) is 92.6 Å². The first-order valence-corrected chi connectivity index (χ1v) is 8.52. The van der Waals surface area contributed by atoms with Gasteiger partial charge < -0.3 is 15.5 Å². The van der Waals surface area contributed by atoms with Gasteiger partial charge in [0, 0.05) is 23.6 Å². The molecule has 1 aromatic heterocycles. The Morgan fingerprint density at radius 2 is 2.04 bits per heavy atom. The summed E-state index contributed by atoms with van der Waals surface area (Å²) in [5, 5.41) is 7.48. The van der Waals surface area contributed by atoms with E-state index in [0.29, 0.717) is 5.76 Å². The SMILES string of the molecule is Cc1c(C(=O)NC2CCCC2)oc2c1/C(=N/NC(N)=S)CCC2. The van der Waals surface area contributed by atoms with E-state index >= 15 is 0 Å². The van der Waals surface area contributed by atoms with Crippen molar-refractivity contribution in [3.63, 3.8) is 0 Å². The predicted molar refractivity (Wildman–Crippen MR) is 92.6 cm³/mol. The van der Waals surface area contributed by atoms with E-state index in [1.165, 1.54) is 12.8 Å². The minimum atomic E-state index is -0.120. The van der Waals surface area contributed by atoms with E-state index in [1.807, 2.05) is 6.92 Å². The Kier molecular flexibility index (Phi) is 4.66. The first-order valence-electron chi connectivity index (χ1n) is 8.11. The molecule has 0 aromatic carbocycles. The van der Waals surface area contributed by atoms with Crippen molar-refractivity contribution in [1.29, 1.82) is 0 Å². The van der Waals surface area contributed by atoms with Crippen molar-refractivity contribution >= 4 is 28.9 Å². The fraction of sp³-hybridized carbons (Fsp3) is 0.562. The van der Waals surface area contributed by atoms with Crippen LogP contribution in [0, 0.1) is 6.92 Å². The summed E-state index contributed by atoms with van der Waals surface area (Å²) in [6, 6.07) is 0.272. The largest absolute Gasteiger partial charge is 0.455 e. The Morgan fingerprint density at radius 3 is 2.74 bits per heavy atom. The maximum Gasteiger partial charge on any atom is 0.287 e. The number of hydrogen-bond donors (Lipinski definition) is 3. The van der Waals surface area contributed by atoms with Gasteiger partial charge in [-0.1, -0.05) is 12.8 Å². The number of nitrogens with one attached hydrogen (secondary N) is 2. The van der Waals surface area contributed by atoms with Gasteiger partial charge in [0.05, 0.1) is 5.71 Å². The van der Waals surface area contributed by atoms with Crippen molar-refractivity contribution in [2.75, 3.05) is 0 Å². The highest BCUT2D eigenvalue weighted by Gasteiger charge is 2.29. The first kappa shape index (κ1) is 16.0. The molecule has 0 radical (unpaired) electrons. The number of nitrogens with two attached hydrogens (primary N) is 1. The number of thiocarbonyl (C=S) groups is 1. The number of carbonyl (C=O) groups is 1. The monoisotopic (exact) mass is 334 g/mol. The minimum absolute atomic E-state index is 0.120. The van der Waals surface area contributed by atoms with Gasteiger partial charge in [-0.2, -0.15) is 5.10 Å². The molecular weight excluding hydrogens is 312 g/mol. The molecule has 0 spiro atoms.